The molecule has 128 valence electrons. The van der Waals surface area contributed by atoms with E-state index in [0.717, 1.165) is 30.6 Å². The van der Waals surface area contributed by atoms with Crippen molar-refractivity contribution in [3.05, 3.63) is 24.3 Å². The van der Waals surface area contributed by atoms with Crippen molar-refractivity contribution in [3.63, 3.8) is 0 Å². The van der Waals surface area contributed by atoms with Crippen LogP contribution in [0.1, 0.15) is 25.7 Å². The first kappa shape index (κ1) is 16.8. The topological polar surface area (TPSA) is 77.9 Å². The molecule has 2 amide bonds. The second-order valence-electron chi connectivity index (χ2n) is 6.02. The second kappa shape index (κ2) is 7.25. The number of carboxylic acid groups (broad SMARTS) is 1. The first-order valence-corrected chi connectivity index (χ1v) is 9.03. The van der Waals surface area contributed by atoms with Crippen molar-refractivity contribution in [2.45, 2.75) is 35.8 Å². The molecule has 3 rings (SSSR count). The van der Waals surface area contributed by atoms with Crippen LogP contribution in [0.5, 0.6) is 0 Å². The Morgan fingerprint density at radius 2 is 1.79 bits per heavy atom. The minimum absolute atomic E-state index is 0.197. The molecule has 2 aliphatic heterocycles. The lowest BCUT2D eigenvalue weighted by atomic mass is 10.2. The first-order valence-electron chi connectivity index (χ1n) is 8.15. The Morgan fingerprint density at radius 1 is 1.12 bits per heavy atom. The van der Waals surface area contributed by atoms with E-state index in [4.69, 9.17) is 5.11 Å². The Labute approximate surface area is 144 Å². The number of anilines is 1. The molecular weight excluding hydrogens is 328 g/mol. The highest BCUT2D eigenvalue weighted by molar-refractivity contribution is 8.01. The number of para-hydroxylation sites is 1. The highest BCUT2D eigenvalue weighted by Gasteiger charge is 2.40. The summed E-state index contributed by atoms with van der Waals surface area (Å²) in [7, 11) is 0. The lowest BCUT2D eigenvalue weighted by molar-refractivity contribution is -0.138. The van der Waals surface area contributed by atoms with Crippen LogP contribution in [0.25, 0.3) is 0 Å². The average molecular weight is 348 g/mol. The van der Waals surface area contributed by atoms with E-state index in [1.54, 1.807) is 17.0 Å². The number of aliphatic carboxylic acids is 1. The van der Waals surface area contributed by atoms with E-state index in [2.05, 4.69) is 0 Å². The number of rotatable bonds is 3. The van der Waals surface area contributed by atoms with Crippen molar-refractivity contribution in [2.75, 3.05) is 24.5 Å². The molecule has 0 unspecified atom stereocenters. The fourth-order valence-corrected chi connectivity index (χ4v) is 4.32. The number of carbonyl (C=O) groups excluding carboxylic acids is 2. The van der Waals surface area contributed by atoms with Gasteiger partial charge in [-0.05, 0) is 25.0 Å². The smallest absolute Gasteiger partial charge is 0.323 e. The van der Waals surface area contributed by atoms with Crippen molar-refractivity contribution < 1.29 is 19.5 Å². The molecule has 24 heavy (non-hydrogen) atoms. The van der Waals surface area contributed by atoms with Gasteiger partial charge in [-0.1, -0.05) is 25.0 Å². The first-order chi connectivity index (χ1) is 11.6. The molecule has 2 heterocycles. The quantitative estimate of drug-likeness (QED) is 0.845. The zero-order valence-electron chi connectivity index (χ0n) is 13.3. The van der Waals surface area contributed by atoms with Crippen molar-refractivity contribution >= 4 is 35.2 Å². The van der Waals surface area contributed by atoms with Crippen LogP contribution in [-0.4, -0.2) is 52.7 Å². The van der Waals surface area contributed by atoms with Crippen LogP contribution >= 0.6 is 11.8 Å². The molecule has 1 aromatic carbocycles. The van der Waals surface area contributed by atoms with E-state index in [0.29, 0.717) is 18.8 Å². The molecule has 1 atom stereocenters. The Hall–Kier alpha value is -2.02. The van der Waals surface area contributed by atoms with Crippen LogP contribution in [0.3, 0.4) is 0 Å². The number of nitrogens with zero attached hydrogens (tertiary/aromatic N) is 2. The summed E-state index contributed by atoms with van der Waals surface area (Å²) in [5, 5.41) is 8.23. The van der Waals surface area contributed by atoms with Gasteiger partial charge in [-0.3, -0.25) is 19.3 Å². The highest BCUT2D eigenvalue weighted by Crippen LogP contribution is 2.39. The summed E-state index contributed by atoms with van der Waals surface area (Å²) in [5.74, 6) is -1.72. The Balaban J connectivity index is 1.87. The third kappa shape index (κ3) is 3.40. The fourth-order valence-electron chi connectivity index (χ4n) is 3.13. The average Bonchev–Trinajstić information content (AvgIpc) is 2.85. The summed E-state index contributed by atoms with van der Waals surface area (Å²) >= 11 is 1.23. The molecule has 1 aromatic rings. The SMILES string of the molecule is O=C(O)CN1C(=O)[C@H](C(=O)N2CCCCCC2)Sc2ccccc21. The third-order valence-corrected chi connectivity index (χ3v) is 5.56. The maximum Gasteiger partial charge on any atom is 0.323 e. The number of benzene rings is 1. The summed E-state index contributed by atoms with van der Waals surface area (Å²) in [4.78, 5) is 40.6. The third-order valence-electron chi connectivity index (χ3n) is 4.33. The Morgan fingerprint density at radius 3 is 2.46 bits per heavy atom. The normalized spacial score (nSPS) is 21.2. The number of amides is 2. The Kier molecular flexibility index (Phi) is 5.08. The molecule has 1 fully saturated rings. The summed E-state index contributed by atoms with van der Waals surface area (Å²) in [5.41, 5.74) is 0.565. The standard InChI is InChI=1S/C17H20N2O4S/c20-14(21)11-19-12-7-3-4-8-13(12)24-15(17(19)23)16(22)18-9-5-1-2-6-10-18/h3-4,7-8,15H,1-2,5-6,9-11H2,(H,20,21)/t15-/m0/s1. The van der Waals surface area contributed by atoms with Gasteiger partial charge >= 0.3 is 5.97 Å². The van der Waals surface area contributed by atoms with Gasteiger partial charge < -0.3 is 10.0 Å². The zero-order valence-corrected chi connectivity index (χ0v) is 14.1. The fraction of sp³-hybridized carbons (Fsp3) is 0.471. The van der Waals surface area contributed by atoms with Gasteiger partial charge in [0.15, 0.2) is 5.25 Å². The predicted molar refractivity (Wildman–Crippen MR) is 91.1 cm³/mol. The largest absolute Gasteiger partial charge is 0.480 e. The van der Waals surface area contributed by atoms with Gasteiger partial charge in [0.2, 0.25) is 5.91 Å². The van der Waals surface area contributed by atoms with Gasteiger partial charge in [0.25, 0.3) is 5.91 Å². The molecule has 1 saturated heterocycles. The number of carboxylic acids is 1. The number of fused-ring (bicyclic) bond motifs is 1. The van der Waals surface area contributed by atoms with Crippen molar-refractivity contribution in [1.29, 1.82) is 0 Å². The van der Waals surface area contributed by atoms with E-state index in [1.807, 2.05) is 12.1 Å². The molecule has 0 bridgehead atoms. The van der Waals surface area contributed by atoms with Crippen LogP contribution in [0.2, 0.25) is 0 Å². The number of carbonyl (C=O) groups is 3. The molecule has 0 spiro atoms. The van der Waals surface area contributed by atoms with Crippen LogP contribution in [0.15, 0.2) is 29.2 Å². The minimum Gasteiger partial charge on any atom is -0.480 e. The number of thioether (sulfide) groups is 1. The van der Waals surface area contributed by atoms with Gasteiger partial charge in [0.1, 0.15) is 6.54 Å². The van der Waals surface area contributed by atoms with Crippen molar-refractivity contribution in [1.82, 2.24) is 4.90 Å². The molecule has 0 aliphatic carbocycles. The summed E-state index contributed by atoms with van der Waals surface area (Å²) in [6, 6.07) is 7.13. The van der Waals surface area contributed by atoms with Crippen molar-refractivity contribution in [3.8, 4) is 0 Å². The minimum atomic E-state index is -1.09. The van der Waals surface area contributed by atoms with E-state index < -0.39 is 23.7 Å². The van der Waals surface area contributed by atoms with Gasteiger partial charge in [0.05, 0.1) is 5.69 Å². The lowest BCUT2D eigenvalue weighted by Crippen LogP contribution is -2.51. The molecule has 0 aromatic heterocycles. The van der Waals surface area contributed by atoms with Gasteiger partial charge in [0, 0.05) is 18.0 Å². The summed E-state index contributed by atoms with van der Waals surface area (Å²) in [6.45, 7) is 0.910. The number of hydrogen-bond acceptors (Lipinski definition) is 4. The van der Waals surface area contributed by atoms with E-state index in [9.17, 15) is 14.4 Å². The summed E-state index contributed by atoms with van der Waals surface area (Å²) in [6.07, 6.45) is 4.10. The molecule has 6 nitrogen and oxygen atoms in total. The Bertz CT molecular complexity index is 656. The lowest BCUT2D eigenvalue weighted by Gasteiger charge is -2.34. The highest BCUT2D eigenvalue weighted by atomic mass is 32.2. The van der Waals surface area contributed by atoms with Crippen LogP contribution in [0, 0.1) is 0 Å². The zero-order chi connectivity index (χ0) is 17.1. The van der Waals surface area contributed by atoms with Crippen molar-refractivity contribution in [2.24, 2.45) is 0 Å². The maximum absolute atomic E-state index is 12.9. The molecular formula is C17H20N2O4S. The van der Waals surface area contributed by atoms with Crippen LogP contribution in [0.4, 0.5) is 5.69 Å². The molecule has 0 radical (unpaired) electrons. The maximum atomic E-state index is 12.9. The van der Waals surface area contributed by atoms with Gasteiger partial charge in [-0.15, -0.1) is 11.8 Å². The van der Waals surface area contributed by atoms with E-state index >= 15 is 0 Å². The predicted octanol–water partition coefficient (Wildman–Crippen LogP) is 1.98. The van der Waals surface area contributed by atoms with Gasteiger partial charge in [-0.25, -0.2) is 0 Å². The number of hydrogen-bond donors (Lipinski definition) is 1. The van der Waals surface area contributed by atoms with Crippen LogP contribution < -0.4 is 4.90 Å². The molecule has 2 aliphatic rings. The van der Waals surface area contributed by atoms with E-state index in [-0.39, 0.29) is 5.91 Å². The van der Waals surface area contributed by atoms with Gasteiger partial charge in [-0.2, -0.15) is 0 Å². The second-order valence-corrected chi connectivity index (χ2v) is 7.17. The van der Waals surface area contributed by atoms with Crippen LogP contribution in [-0.2, 0) is 14.4 Å². The molecule has 1 N–H and O–H groups in total. The summed E-state index contributed by atoms with van der Waals surface area (Å²) < 4.78 is 0. The monoisotopic (exact) mass is 348 g/mol. The number of likely N-dealkylation sites (tertiary alicyclic amines) is 1. The molecule has 0 saturated carbocycles. The van der Waals surface area contributed by atoms with E-state index in [1.165, 1.54) is 16.7 Å². The molecule has 7 heteroatoms.